The Labute approximate surface area is 205 Å². The second-order valence-corrected chi connectivity index (χ2v) is 7.89. The van der Waals surface area contributed by atoms with Crippen LogP contribution in [0.1, 0.15) is 21.5 Å². The number of methoxy groups -OCH3 is 2. The van der Waals surface area contributed by atoms with Gasteiger partial charge < -0.3 is 19.3 Å². The lowest BCUT2D eigenvalue weighted by atomic mass is 10.2. The van der Waals surface area contributed by atoms with Crippen molar-refractivity contribution in [3.63, 3.8) is 0 Å². The van der Waals surface area contributed by atoms with E-state index in [1.807, 2.05) is 0 Å². The molecule has 0 aliphatic carbocycles. The fraction of sp³-hybridized carbons (Fsp3) is 0.130. The molecular weight excluding hydrogens is 491 g/mol. The Morgan fingerprint density at radius 2 is 1.82 bits per heavy atom. The zero-order chi connectivity index (χ0) is 24.0. The van der Waals surface area contributed by atoms with Crippen molar-refractivity contribution >= 4 is 46.9 Å². The number of rotatable bonds is 8. The lowest BCUT2D eigenvalue weighted by Crippen LogP contribution is -2.17. The van der Waals surface area contributed by atoms with Gasteiger partial charge in [-0.15, -0.1) is 0 Å². The van der Waals surface area contributed by atoms with E-state index in [0.717, 1.165) is 5.56 Å². The molecule has 0 bridgehead atoms. The Bertz CT molecular complexity index is 1200. The molecule has 3 aromatic carbocycles. The van der Waals surface area contributed by atoms with Crippen LogP contribution in [0.2, 0.25) is 15.1 Å². The highest BCUT2D eigenvalue weighted by molar-refractivity contribution is 6.35. The number of phenols is 1. The molecule has 0 aromatic heterocycles. The van der Waals surface area contributed by atoms with Crippen molar-refractivity contribution < 1.29 is 24.1 Å². The maximum Gasteiger partial charge on any atom is 0.275 e. The number of nitrogens with zero attached hydrogens (tertiary/aromatic N) is 1. The Morgan fingerprint density at radius 1 is 1.03 bits per heavy atom. The maximum atomic E-state index is 12.3. The van der Waals surface area contributed by atoms with Gasteiger partial charge in [0.2, 0.25) is 0 Å². The molecule has 0 unspecified atom stereocenters. The van der Waals surface area contributed by atoms with E-state index in [-0.39, 0.29) is 22.9 Å². The normalized spacial score (nSPS) is 10.8. The van der Waals surface area contributed by atoms with Crippen molar-refractivity contribution in [2.45, 2.75) is 6.61 Å². The first-order chi connectivity index (χ1) is 15.8. The van der Waals surface area contributed by atoms with Crippen molar-refractivity contribution in [2.24, 2.45) is 5.10 Å². The fourth-order valence-electron chi connectivity index (χ4n) is 2.80. The molecule has 0 radical (unpaired) electrons. The number of hydrogen-bond acceptors (Lipinski definition) is 6. The summed E-state index contributed by atoms with van der Waals surface area (Å²) in [5.74, 6) is 0.302. The van der Waals surface area contributed by atoms with Crippen LogP contribution in [-0.2, 0) is 6.61 Å². The number of carbonyl (C=O) groups excluding carboxylic acids is 1. The lowest BCUT2D eigenvalue weighted by molar-refractivity contribution is 0.0952. The smallest absolute Gasteiger partial charge is 0.275 e. The van der Waals surface area contributed by atoms with Crippen LogP contribution in [0.15, 0.2) is 53.6 Å². The fourth-order valence-corrected chi connectivity index (χ4v) is 3.54. The highest BCUT2D eigenvalue weighted by atomic mass is 35.5. The van der Waals surface area contributed by atoms with E-state index in [9.17, 15) is 9.90 Å². The highest BCUT2D eigenvalue weighted by Gasteiger charge is 2.14. The van der Waals surface area contributed by atoms with Crippen molar-refractivity contribution in [1.82, 2.24) is 5.43 Å². The van der Waals surface area contributed by atoms with E-state index in [2.05, 4.69) is 10.5 Å². The van der Waals surface area contributed by atoms with Crippen molar-refractivity contribution in [1.29, 1.82) is 0 Å². The summed E-state index contributed by atoms with van der Waals surface area (Å²) in [4.78, 5) is 12.3. The monoisotopic (exact) mass is 508 g/mol. The molecule has 172 valence electrons. The van der Waals surface area contributed by atoms with Gasteiger partial charge in [0, 0.05) is 21.7 Å². The van der Waals surface area contributed by atoms with Crippen molar-refractivity contribution in [3.05, 3.63) is 80.3 Å². The largest absolute Gasteiger partial charge is 0.507 e. The number of benzene rings is 3. The number of hydrazone groups is 1. The zero-order valence-corrected chi connectivity index (χ0v) is 19.8. The van der Waals surface area contributed by atoms with E-state index in [0.29, 0.717) is 32.9 Å². The minimum Gasteiger partial charge on any atom is -0.507 e. The van der Waals surface area contributed by atoms with Gasteiger partial charge in [0.15, 0.2) is 11.5 Å². The van der Waals surface area contributed by atoms with Gasteiger partial charge in [0.05, 0.1) is 31.0 Å². The lowest BCUT2D eigenvalue weighted by Gasteiger charge is -2.14. The number of hydrogen-bond donors (Lipinski definition) is 2. The zero-order valence-electron chi connectivity index (χ0n) is 17.6. The summed E-state index contributed by atoms with van der Waals surface area (Å²) in [6.45, 7) is 0.154. The van der Waals surface area contributed by atoms with Gasteiger partial charge in [0.1, 0.15) is 18.1 Å². The standard InChI is InChI=1S/C23H19Cl3N2O5/c1-31-16-5-6-17(20(29)10-16)23(30)28-27-11-13-7-19(26)22(21(8-13)32-2)33-12-14-3-4-15(24)9-18(14)25/h3-11,29H,12H2,1-2H3,(H,28,30)/b27-11-. The van der Waals surface area contributed by atoms with Crippen molar-refractivity contribution in [3.8, 4) is 23.0 Å². The van der Waals surface area contributed by atoms with Crippen LogP contribution in [0.5, 0.6) is 23.0 Å². The topological polar surface area (TPSA) is 89.4 Å². The van der Waals surface area contributed by atoms with E-state index in [1.165, 1.54) is 32.6 Å². The first-order valence-electron chi connectivity index (χ1n) is 9.47. The molecule has 10 heteroatoms. The summed E-state index contributed by atoms with van der Waals surface area (Å²) in [6.07, 6.45) is 1.38. The van der Waals surface area contributed by atoms with Crippen LogP contribution < -0.4 is 19.6 Å². The molecule has 7 nitrogen and oxygen atoms in total. The molecule has 3 rings (SSSR count). The molecule has 2 N–H and O–H groups in total. The third-order valence-corrected chi connectivity index (χ3v) is 5.34. The Kier molecular flexibility index (Phi) is 8.27. The predicted molar refractivity (Wildman–Crippen MR) is 129 cm³/mol. The average Bonchev–Trinajstić information content (AvgIpc) is 2.78. The second kappa shape index (κ2) is 11.1. The molecule has 1 amide bonds. The van der Waals surface area contributed by atoms with Crippen LogP contribution in [0.3, 0.4) is 0 Å². The summed E-state index contributed by atoms with van der Waals surface area (Å²) >= 11 is 18.5. The summed E-state index contributed by atoms with van der Waals surface area (Å²) in [5, 5.41) is 15.1. The highest BCUT2D eigenvalue weighted by Crippen LogP contribution is 2.37. The molecule has 0 aliphatic rings. The predicted octanol–water partition coefficient (Wildman–Crippen LogP) is 5.71. The van der Waals surface area contributed by atoms with E-state index in [4.69, 9.17) is 49.0 Å². The quantitative estimate of drug-likeness (QED) is 0.300. The molecular formula is C23H19Cl3N2O5. The third-order valence-electron chi connectivity index (χ3n) is 4.47. The Morgan fingerprint density at radius 3 is 2.48 bits per heavy atom. The maximum absolute atomic E-state index is 12.3. The molecule has 0 atom stereocenters. The number of phenolic OH excluding ortho intramolecular Hbond substituents is 1. The second-order valence-electron chi connectivity index (χ2n) is 6.64. The number of carbonyl (C=O) groups is 1. The van der Waals surface area contributed by atoms with Gasteiger partial charge >= 0.3 is 0 Å². The van der Waals surface area contributed by atoms with E-state index >= 15 is 0 Å². The van der Waals surface area contributed by atoms with Gasteiger partial charge in [-0.25, -0.2) is 5.43 Å². The number of amides is 1. The van der Waals surface area contributed by atoms with E-state index < -0.39 is 5.91 Å². The summed E-state index contributed by atoms with van der Waals surface area (Å²) in [7, 11) is 2.93. The minimum absolute atomic E-state index is 0.0492. The van der Waals surface area contributed by atoms with Crippen LogP contribution in [0.25, 0.3) is 0 Å². The molecule has 3 aromatic rings. The number of halogens is 3. The Balaban J connectivity index is 1.71. The van der Waals surface area contributed by atoms with Crippen LogP contribution in [0, 0.1) is 0 Å². The number of ether oxygens (including phenoxy) is 3. The van der Waals surface area contributed by atoms with Crippen LogP contribution in [-0.4, -0.2) is 31.4 Å². The Hall–Kier alpha value is -3.13. The molecule has 0 heterocycles. The molecule has 0 saturated heterocycles. The molecule has 33 heavy (non-hydrogen) atoms. The third kappa shape index (κ3) is 6.22. The van der Waals surface area contributed by atoms with Gasteiger partial charge in [-0.1, -0.05) is 40.9 Å². The van der Waals surface area contributed by atoms with Gasteiger partial charge in [0.25, 0.3) is 5.91 Å². The molecule has 0 aliphatic heterocycles. The number of nitrogens with one attached hydrogen (secondary N) is 1. The van der Waals surface area contributed by atoms with Crippen LogP contribution in [0.4, 0.5) is 0 Å². The number of aromatic hydroxyl groups is 1. The van der Waals surface area contributed by atoms with Crippen molar-refractivity contribution in [2.75, 3.05) is 14.2 Å². The summed E-state index contributed by atoms with van der Waals surface area (Å²) in [5.41, 5.74) is 3.67. The van der Waals surface area contributed by atoms with E-state index in [1.54, 1.807) is 36.4 Å². The van der Waals surface area contributed by atoms with Gasteiger partial charge in [-0.3, -0.25) is 4.79 Å². The minimum atomic E-state index is -0.593. The molecule has 0 saturated carbocycles. The molecule has 0 spiro atoms. The van der Waals surface area contributed by atoms with Crippen LogP contribution >= 0.6 is 34.8 Å². The first kappa shape index (κ1) is 24.5. The summed E-state index contributed by atoms with van der Waals surface area (Å²) in [6, 6.07) is 12.7. The molecule has 0 fully saturated rings. The summed E-state index contributed by atoms with van der Waals surface area (Å²) < 4.78 is 16.2. The average molecular weight is 510 g/mol. The SMILES string of the molecule is COc1ccc(C(=O)N/N=C\c2cc(Cl)c(OCc3ccc(Cl)cc3Cl)c(OC)c2)c(O)c1. The van der Waals surface area contributed by atoms with Gasteiger partial charge in [-0.05, 0) is 42.0 Å². The first-order valence-corrected chi connectivity index (χ1v) is 10.6. The van der Waals surface area contributed by atoms with Gasteiger partial charge in [-0.2, -0.15) is 5.10 Å².